The molecule has 0 aromatic carbocycles. The average Bonchev–Trinajstić information content (AvgIpc) is 2.98. The lowest BCUT2D eigenvalue weighted by atomic mass is 9.99. The number of amides is 1. The molecule has 1 amide bonds. The van der Waals surface area contributed by atoms with Gasteiger partial charge >= 0.3 is 0 Å². The van der Waals surface area contributed by atoms with Gasteiger partial charge in [0.15, 0.2) is 5.69 Å². The molecule has 26 heavy (non-hydrogen) atoms. The highest BCUT2D eigenvalue weighted by Crippen LogP contribution is 2.32. The average molecular weight is 356 g/mol. The van der Waals surface area contributed by atoms with Crippen molar-refractivity contribution in [2.45, 2.75) is 32.5 Å². The molecule has 0 spiro atoms. The molecule has 0 radical (unpaired) electrons. The van der Waals surface area contributed by atoms with Crippen molar-refractivity contribution in [2.75, 3.05) is 31.1 Å². The minimum absolute atomic E-state index is 0.0190. The van der Waals surface area contributed by atoms with Crippen LogP contribution in [0.5, 0.6) is 0 Å². The summed E-state index contributed by atoms with van der Waals surface area (Å²) in [5, 5.41) is 4.54. The molecular formula is C18H24N6O2. The second-order valence-corrected chi connectivity index (χ2v) is 6.98. The van der Waals surface area contributed by atoms with Crippen LogP contribution >= 0.6 is 0 Å². The third-order valence-electron chi connectivity index (χ3n) is 5.17. The van der Waals surface area contributed by atoms with Crippen molar-refractivity contribution in [3.05, 3.63) is 35.5 Å². The normalized spacial score (nSPS) is 23.0. The Labute approximate surface area is 152 Å². The van der Waals surface area contributed by atoms with E-state index in [1.807, 2.05) is 31.9 Å². The molecule has 2 aliphatic heterocycles. The van der Waals surface area contributed by atoms with Crippen LogP contribution in [0.3, 0.4) is 0 Å². The van der Waals surface area contributed by atoms with Crippen LogP contribution in [0.1, 0.15) is 41.7 Å². The maximum atomic E-state index is 13.1. The van der Waals surface area contributed by atoms with Gasteiger partial charge in [-0.15, -0.1) is 0 Å². The quantitative estimate of drug-likeness (QED) is 0.805. The van der Waals surface area contributed by atoms with Crippen molar-refractivity contribution < 1.29 is 9.53 Å². The van der Waals surface area contributed by atoms with Crippen molar-refractivity contribution >= 4 is 11.7 Å². The first-order valence-corrected chi connectivity index (χ1v) is 9.06. The van der Waals surface area contributed by atoms with Crippen LogP contribution in [-0.4, -0.2) is 62.8 Å². The molecule has 8 heteroatoms. The number of fused-ring (bicyclic) bond motifs is 1. The highest BCUT2D eigenvalue weighted by Gasteiger charge is 2.33. The Morgan fingerprint density at radius 1 is 1.23 bits per heavy atom. The minimum Gasteiger partial charge on any atom is -0.369 e. The summed E-state index contributed by atoms with van der Waals surface area (Å²) in [6, 6.07) is 1.90. The van der Waals surface area contributed by atoms with Crippen LogP contribution in [0.25, 0.3) is 0 Å². The third-order valence-corrected chi connectivity index (χ3v) is 5.17. The van der Waals surface area contributed by atoms with Gasteiger partial charge in [0.25, 0.3) is 5.91 Å². The zero-order valence-corrected chi connectivity index (χ0v) is 15.4. The number of nitrogens with zero attached hydrogens (tertiary/aromatic N) is 6. The van der Waals surface area contributed by atoms with Crippen LogP contribution in [0.15, 0.2) is 18.6 Å². The van der Waals surface area contributed by atoms with Gasteiger partial charge in [0.05, 0.1) is 17.9 Å². The van der Waals surface area contributed by atoms with Crippen molar-refractivity contribution in [3.63, 3.8) is 0 Å². The first-order valence-electron chi connectivity index (χ1n) is 9.06. The molecule has 2 aliphatic rings. The molecule has 4 rings (SSSR count). The van der Waals surface area contributed by atoms with Crippen LogP contribution < -0.4 is 4.90 Å². The summed E-state index contributed by atoms with van der Waals surface area (Å²) in [6.07, 6.45) is 4.09. The summed E-state index contributed by atoms with van der Waals surface area (Å²) in [4.78, 5) is 25.4. The van der Waals surface area contributed by atoms with E-state index in [1.165, 1.54) is 0 Å². The molecule has 0 aliphatic carbocycles. The summed E-state index contributed by atoms with van der Waals surface area (Å²) < 4.78 is 7.69. The molecule has 4 heterocycles. The molecule has 1 saturated heterocycles. The van der Waals surface area contributed by atoms with Gasteiger partial charge in [-0.25, -0.2) is 9.97 Å². The molecule has 2 aromatic rings. The van der Waals surface area contributed by atoms with Crippen LogP contribution in [0.4, 0.5) is 5.82 Å². The van der Waals surface area contributed by atoms with Gasteiger partial charge in [-0.05, 0) is 19.9 Å². The van der Waals surface area contributed by atoms with E-state index in [9.17, 15) is 4.79 Å². The molecule has 0 saturated carbocycles. The topological polar surface area (TPSA) is 76.4 Å². The smallest absolute Gasteiger partial charge is 0.274 e. The van der Waals surface area contributed by atoms with Gasteiger partial charge in [0.1, 0.15) is 12.1 Å². The molecule has 2 atom stereocenters. The highest BCUT2D eigenvalue weighted by molar-refractivity contribution is 5.94. The molecule has 0 bridgehead atoms. The Morgan fingerprint density at radius 2 is 2.00 bits per heavy atom. The Morgan fingerprint density at radius 3 is 2.69 bits per heavy atom. The first-order chi connectivity index (χ1) is 12.5. The number of ether oxygens (including phenoxy) is 1. The van der Waals surface area contributed by atoms with Gasteiger partial charge < -0.3 is 14.5 Å². The van der Waals surface area contributed by atoms with Crippen molar-refractivity contribution in [1.29, 1.82) is 0 Å². The van der Waals surface area contributed by atoms with Gasteiger partial charge in [-0.3, -0.25) is 9.48 Å². The maximum Gasteiger partial charge on any atom is 0.274 e. The lowest BCUT2D eigenvalue weighted by Gasteiger charge is -2.35. The van der Waals surface area contributed by atoms with E-state index < -0.39 is 0 Å². The number of aromatic nitrogens is 4. The number of anilines is 1. The van der Waals surface area contributed by atoms with Crippen molar-refractivity contribution in [2.24, 2.45) is 7.05 Å². The Hall–Kier alpha value is -2.48. The summed E-state index contributed by atoms with van der Waals surface area (Å²) in [6.45, 7) is 6.90. The Balaban J connectivity index is 1.50. The number of carbonyl (C=O) groups is 1. The summed E-state index contributed by atoms with van der Waals surface area (Å²) in [7, 11) is 1.89. The van der Waals surface area contributed by atoms with E-state index >= 15 is 0 Å². The number of hydrogen-bond acceptors (Lipinski definition) is 6. The maximum absolute atomic E-state index is 13.1. The molecule has 8 nitrogen and oxygen atoms in total. The zero-order valence-electron chi connectivity index (χ0n) is 15.4. The second kappa shape index (κ2) is 6.68. The number of aryl methyl sites for hydroxylation is 1. The SMILES string of the molecule is C[C@@H]1Cc2c(C(=O)N3CCN(c4ccncn4)CC3)nn(C)c2[C@H](C)O1. The number of piperazine rings is 1. The molecule has 138 valence electrons. The fraction of sp³-hybridized carbons (Fsp3) is 0.556. The lowest BCUT2D eigenvalue weighted by Crippen LogP contribution is -2.49. The lowest BCUT2D eigenvalue weighted by molar-refractivity contribution is -0.00906. The largest absolute Gasteiger partial charge is 0.369 e. The van der Waals surface area contributed by atoms with Crippen LogP contribution in [0, 0.1) is 0 Å². The zero-order chi connectivity index (χ0) is 18.3. The third kappa shape index (κ3) is 2.94. The Bertz CT molecular complexity index is 798. The predicted octanol–water partition coefficient (Wildman–Crippen LogP) is 1.19. The predicted molar refractivity (Wildman–Crippen MR) is 96.0 cm³/mol. The van der Waals surface area contributed by atoms with Gasteiger partial charge in [0, 0.05) is 51.4 Å². The van der Waals surface area contributed by atoms with Gasteiger partial charge in [-0.1, -0.05) is 0 Å². The van der Waals surface area contributed by atoms with E-state index in [-0.39, 0.29) is 18.1 Å². The molecule has 0 unspecified atom stereocenters. The fourth-order valence-electron chi connectivity index (χ4n) is 3.97. The van der Waals surface area contributed by atoms with E-state index in [0.29, 0.717) is 18.8 Å². The molecular weight excluding hydrogens is 332 g/mol. The van der Waals surface area contributed by atoms with Crippen molar-refractivity contribution in [1.82, 2.24) is 24.6 Å². The number of carbonyl (C=O) groups excluding carboxylic acids is 1. The van der Waals surface area contributed by atoms with Crippen LogP contribution in [-0.2, 0) is 18.2 Å². The molecule has 1 fully saturated rings. The van der Waals surface area contributed by atoms with E-state index in [4.69, 9.17) is 4.74 Å². The van der Waals surface area contributed by atoms with Crippen LogP contribution in [0.2, 0.25) is 0 Å². The van der Waals surface area contributed by atoms with E-state index in [1.54, 1.807) is 17.2 Å². The fourth-order valence-corrected chi connectivity index (χ4v) is 3.97. The number of rotatable bonds is 2. The summed E-state index contributed by atoms with van der Waals surface area (Å²) >= 11 is 0. The van der Waals surface area contributed by atoms with Crippen molar-refractivity contribution in [3.8, 4) is 0 Å². The summed E-state index contributed by atoms with van der Waals surface area (Å²) in [5.41, 5.74) is 2.65. The standard InChI is InChI=1S/C18H24N6O2/c1-12-10-14-16(21-22(3)17(14)13(2)26-12)18(25)24-8-6-23(7-9-24)15-4-5-19-11-20-15/h4-5,11-13H,6-10H2,1-3H3/t12-,13+/m1/s1. The van der Waals surface area contributed by atoms with Gasteiger partial charge in [-0.2, -0.15) is 5.10 Å². The van der Waals surface area contributed by atoms with E-state index in [2.05, 4.69) is 20.0 Å². The summed E-state index contributed by atoms with van der Waals surface area (Å²) in [5.74, 6) is 0.924. The molecule has 0 N–H and O–H groups in total. The van der Waals surface area contributed by atoms with E-state index in [0.717, 1.165) is 36.6 Å². The highest BCUT2D eigenvalue weighted by atomic mass is 16.5. The monoisotopic (exact) mass is 356 g/mol. The second-order valence-electron chi connectivity index (χ2n) is 6.98. The minimum atomic E-state index is -0.0394. The molecule has 2 aromatic heterocycles. The Kier molecular flexibility index (Phi) is 4.36. The van der Waals surface area contributed by atoms with Gasteiger partial charge in [0.2, 0.25) is 0 Å². The first kappa shape index (κ1) is 17.0. The number of hydrogen-bond donors (Lipinski definition) is 0.